The van der Waals surface area contributed by atoms with Crippen molar-refractivity contribution in [2.24, 2.45) is 0 Å². The zero-order valence-electron chi connectivity index (χ0n) is 26.9. The van der Waals surface area contributed by atoms with Gasteiger partial charge in [-0.2, -0.15) is 0 Å². The topological polar surface area (TPSA) is 270 Å². The molecule has 4 heterocycles. The van der Waals surface area contributed by atoms with Crippen molar-refractivity contribution in [3.63, 3.8) is 0 Å². The van der Waals surface area contributed by atoms with Gasteiger partial charge in [0.15, 0.2) is 0 Å². The van der Waals surface area contributed by atoms with Gasteiger partial charge in [-0.05, 0) is 0 Å². The summed E-state index contributed by atoms with van der Waals surface area (Å²) in [5.41, 5.74) is 32.5. The van der Waals surface area contributed by atoms with Crippen LogP contribution >= 0.6 is 49.6 Å². The Bertz CT molecular complexity index is 1800. The SMILES string of the molecule is Cl.Cl.Cl.Cl.[Cu+2].[Cu+2].[NH-]c1nnnn1-c1ccccc1.[NH-]c1nnnn1-c1ccccc1.[NH-]c1nnnn1-c1ccccc1.[NH-]c1nnnn1-c1ccccc1. The largest absolute Gasteiger partial charge is 2.00 e. The maximum Gasteiger partial charge on any atom is 2.00 e. The van der Waals surface area contributed by atoms with E-state index in [0.29, 0.717) is 0 Å². The summed E-state index contributed by atoms with van der Waals surface area (Å²) in [6.07, 6.45) is 0. The van der Waals surface area contributed by atoms with Gasteiger partial charge in [0.05, 0.1) is 23.8 Å². The van der Waals surface area contributed by atoms with E-state index in [1.807, 2.05) is 121 Å². The van der Waals surface area contributed by atoms with Gasteiger partial charge in [-0.25, -0.2) is 0 Å². The predicted molar refractivity (Wildman–Crippen MR) is 202 cm³/mol. The molecule has 54 heavy (non-hydrogen) atoms. The summed E-state index contributed by atoms with van der Waals surface area (Å²) < 4.78 is 5.44. The molecule has 0 amide bonds. The molecule has 0 aliphatic carbocycles. The van der Waals surface area contributed by atoms with Crippen LogP contribution < -0.4 is 0 Å². The van der Waals surface area contributed by atoms with E-state index in [1.54, 1.807) is 0 Å². The molecule has 0 bridgehead atoms. The molecule has 8 rings (SSSR count). The minimum Gasteiger partial charge on any atom is -0.408 e. The average Bonchev–Trinajstić information content (AvgIpc) is 3.96. The Hall–Kier alpha value is -5.44. The number of hydrogen-bond acceptors (Lipinski definition) is 12. The molecule has 0 aliphatic rings. The minimum atomic E-state index is 0. The number of benzene rings is 4. The third kappa shape index (κ3) is 14.2. The maximum atomic E-state index is 7.32. The Kier molecular flexibility index (Phi) is 24.7. The van der Waals surface area contributed by atoms with Crippen molar-refractivity contribution in [3.8, 4) is 22.7 Å². The number of para-hydroxylation sites is 4. The average molecular weight is 914 g/mol. The van der Waals surface area contributed by atoms with Gasteiger partial charge in [-0.15, -0.1) is 91.3 Å². The van der Waals surface area contributed by atoms with Crippen LogP contribution in [0.25, 0.3) is 45.7 Å². The van der Waals surface area contributed by atoms with E-state index in [2.05, 4.69) is 62.1 Å². The van der Waals surface area contributed by atoms with Crippen molar-refractivity contribution >= 4 is 73.4 Å². The van der Waals surface area contributed by atoms with Crippen molar-refractivity contribution in [2.45, 2.75) is 0 Å². The number of tetrazole rings is 4. The molecule has 0 fully saturated rings. The first-order valence-electron chi connectivity index (χ1n) is 13.7. The van der Waals surface area contributed by atoms with Crippen LogP contribution in [0.2, 0.25) is 0 Å². The molecule has 4 aromatic heterocycles. The van der Waals surface area contributed by atoms with E-state index >= 15 is 0 Å². The zero-order valence-corrected chi connectivity index (χ0v) is 32.1. The Morgan fingerprint density at radius 1 is 0.296 bits per heavy atom. The second kappa shape index (κ2) is 26.3. The Labute approximate surface area is 353 Å². The number of halogens is 4. The molecule has 8 aromatic rings. The summed E-state index contributed by atoms with van der Waals surface area (Å²) in [5.74, 6) is 0.171. The van der Waals surface area contributed by atoms with Crippen LogP contribution in [0.15, 0.2) is 121 Å². The van der Waals surface area contributed by atoms with Gasteiger partial charge in [0.1, 0.15) is 0 Å². The standard InChI is InChI=1S/4C7H6N5.4ClH.2Cu/c4*8-7-9-10-11-12(7)6-4-2-1-3-5-6;;;;;;/h4*1-5H,(H-,8,9,11);4*1H;;/q4*-1;;;;;2*+2. The summed E-state index contributed by atoms with van der Waals surface area (Å²) in [7, 11) is 0. The number of nitrogens with one attached hydrogen (secondary N) is 4. The summed E-state index contributed by atoms with van der Waals surface area (Å²) in [6.45, 7) is 0. The number of nitrogens with zero attached hydrogens (tertiary/aromatic N) is 16. The van der Waals surface area contributed by atoms with Crippen LogP contribution in [-0.2, 0) is 34.1 Å². The minimum absolute atomic E-state index is 0. The fraction of sp³-hybridized carbons (Fsp3) is 0. The van der Waals surface area contributed by atoms with Crippen molar-refractivity contribution in [1.82, 2.24) is 80.8 Å². The van der Waals surface area contributed by atoms with Crippen molar-refractivity contribution in [2.75, 3.05) is 0 Å². The first-order chi connectivity index (χ1) is 23.5. The van der Waals surface area contributed by atoms with Crippen molar-refractivity contribution < 1.29 is 34.1 Å². The van der Waals surface area contributed by atoms with Gasteiger partial charge < -0.3 is 22.9 Å². The number of aromatic nitrogens is 16. The van der Waals surface area contributed by atoms with Gasteiger partial charge in [0, 0.05) is 22.7 Å². The van der Waals surface area contributed by atoms with Gasteiger partial charge in [0.2, 0.25) is 0 Å². The van der Waals surface area contributed by atoms with Gasteiger partial charge in [-0.3, -0.25) is 39.1 Å². The van der Waals surface area contributed by atoms with Crippen LogP contribution in [0.3, 0.4) is 0 Å². The van der Waals surface area contributed by atoms with Crippen LogP contribution in [0, 0.1) is 0 Å². The molecule has 0 unspecified atom stereocenters. The normalized spacial score (nSPS) is 8.89. The summed E-state index contributed by atoms with van der Waals surface area (Å²) in [6, 6.07) is 37.3. The maximum absolute atomic E-state index is 7.32. The molecule has 0 saturated heterocycles. The van der Waals surface area contributed by atoms with Gasteiger partial charge in [0.25, 0.3) is 0 Å². The zero-order chi connectivity index (χ0) is 33.6. The van der Waals surface area contributed by atoms with E-state index in [-0.39, 0.29) is 108 Å². The smallest absolute Gasteiger partial charge is 0.408 e. The van der Waals surface area contributed by atoms with Crippen molar-refractivity contribution in [1.29, 1.82) is 0 Å². The fourth-order valence-electron chi connectivity index (χ4n) is 3.72. The quantitative estimate of drug-likeness (QED) is 0.160. The molecule has 0 saturated carbocycles. The van der Waals surface area contributed by atoms with E-state index in [4.69, 9.17) is 22.9 Å². The van der Waals surface area contributed by atoms with E-state index in [0.717, 1.165) is 22.7 Å². The first kappa shape index (κ1) is 50.7. The Morgan fingerprint density at radius 3 is 0.593 bits per heavy atom. The van der Waals surface area contributed by atoms with Crippen LogP contribution in [-0.4, -0.2) is 80.8 Å². The van der Waals surface area contributed by atoms with Gasteiger partial charge in [-0.1, -0.05) is 121 Å². The van der Waals surface area contributed by atoms with E-state index in [1.165, 1.54) is 18.7 Å². The molecule has 26 heteroatoms. The van der Waals surface area contributed by atoms with Gasteiger partial charge >= 0.3 is 34.1 Å². The van der Waals surface area contributed by atoms with E-state index < -0.39 is 0 Å². The summed E-state index contributed by atoms with van der Waals surface area (Å²) in [5, 5.41) is 42.0. The molecule has 4 N–H and O–H groups in total. The molecule has 2 radical (unpaired) electrons. The van der Waals surface area contributed by atoms with Crippen molar-refractivity contribution in [3.05, 3.63) is 144 Å². The molecule has 4 aromatic carbocycles. The second-order valence-corrected chi connectivity index (χ2v) is 9.00. The van der Waals surface area contributed by atoms with Crippen LogP contribution in [0.1, 0.15) is 0 Å². The first-order valence-corrected chi connectivity index (χ1v) is 13.7. The third-order valence-electron chi connectivity index (χ3n) is 5.88. The fourth-order valence-corrected chi connectivity index (χ4v) is 3.72. The summed E-state index contributed by atoms with van der Waals surface area (Å²) >= 11 is 0. The third-order valence-corrected chi connectivity index (χ3v) is 5.88. The van der Waals surface area contributed by atoms with Crippen LogP contribution in [0.5, 0.6) is 0 Å². The Morgan fingerprint density at radius 2 is 0.463 bits per heavy atom. The molecule has 0 atom stereocenters. The van der Waals surface area contributed by atoms with E-state index in [9.17, 15) is 0 Å². The molecule has 0 spiro atoms. The molecule has 0 aliphatic heterocycles. The number of rotatable bonds is 4. The predicted octanol–water partition coefficient (Wildman–Crippen LogP) is 7.07. The molecule has 290 valence electrons. The molecule has 20 nitrogen and oxygen atoms in total. The van der Waals surface area contributed by atoms with Crippen LogP contribution in [0.4, 0.5) is 23.8 Å². The second-order valence-electron chi connectivity index (χ2n) is 9.00. The Balaban J connectivity index is 0. The molecular formula is C28H28Cl4Cu2N20. The molecular weight excluding hydrogens is 885 g/mol. The number of hydrogen-bond donors (Lipinski definition) is 0. The summed E-state index contributed by atoms with van der Waals surface area (Å²) in [4.78, 5) is 0. The monoisotopic (exact) mass is 910 g/mol.